The molecule has 102 valence electrons. The Balaban J connectivity index is 1.70. The number of nitrogens with zero attached hydrogens (tertiary/aromatic N) is 3. The van der Waals surface area contributed by atoms with E-state index in [1.807, 2.05) is 17.6 Å². The topological polar surface area (TPSA) is 77.7 Å². The van der Waals surface area contributed by atoms with Crippen LogP contribution in [0.25, 0.3) is 10.2 Å². The van der Waals surface area contributed by atoms with Gasteiger partial charge in [0, 0.05) is 6.54 Å². The monoisotopic (exact) mass is 287 g/mol. The fourth-order valence-corrected chi connectivity index (χ4v) is 3.40. The highest BCUT2D eigenvalue weighted by atomic mass is 32.1. The first-order chi connectivity index (χ1) is 9.81. The van der Waals surface area contributed by atoms with Crippen LogP contribution < -0.4 is 10.5 Å². The van der Waals surface area contributed by atoms with Crippen LogP contribution in [0.3, 0.4) is 0 Å². The van der Waals surface area contributed by atoms with Crippen LogP contribution in [-0.4, -0.2) is 26.7 Å². The second kappa shape index (κ2) is 4.45. The van der Waals surface area contributed by atoms with Crippen molar-refractivity contribution in [3.05, 3.63) is 39.5 Å². The van der Waals surface area contributed by atoms with Crippen LogP contribution in [0.4, 0.5) is 5.69 Å². The van der Waals surface area contributed by atoms with Gasteiger partial charge < -0.3 is 9.88 Å². The van der Waals surface area contributed by atoms with Crippen LogP contribution >= 0.6 is 11.3 Å². The van der Waals surface area contributed by atoms with Crippen molar-refractivity contribution in [2.45, 2.75) is 19.4 Å². The van der Waals surface area contributed by atoms with Gasteiger partial charge >= 0.3 is 0 Å². The molecule has 1 aliphatic rings. The highest BCUT2D eigenvalue weighted by Crippen LogP contribution is 2.25. The summed E-state index contributed by atoms with van der Waals surface area (Å²) in [6.07, 6.45) is 3.95. The second-order valence-corrected chi connectivity index (χ2v) is 5.82. The third-order valence-electron chi connectivity index (χ3n) is 3.60. The summed E-state index contributed by atoms with van der Waals surface area (Å²) in [7, 11) is 0. The molecule has 0 aliphatic carbocycles. The van der Waals surface area contributed by atoms with Gasteiger partial charge in [-0.25, -0.2) is 4.98 Å². The van der Waals surface area contributed by atoms with Crippen molar-refractivity contribution in [2.75, 3.05) is 11.4 Å². The zero-order chi connectivity index (χ0) is 13.5. The van der Waals surface area contributed by atoms with E-state index in [9.17, 15) is 4.79 Å². The number of aromatic nitrogens is 4. The molecule has 3 aromatic heterocycles. The molecule has 0 radical (unpaired) electrons. The molecule has 1 aliphatic heterocycles. The largest absolute Gasteiger partial charge is 0.361 e. The molecule has 4 heterocycles. The molecule has 0 bridgehead atoms. The van der Waals surface area contributed by atoms with E-state index in [-0.39, 0.29) is 5.56 Å². The Bertz CT molecular complexity index is 817. The zero-order valence-corrected chi connectivity index (χ0v) is 11.5. The minimum Gasteiger partial charge on any atom is -0.361 e. The summed E-state index contributed by atoms with van der Waals surface area (Å²) in [5.41, 5.74) is 3.00. The molecule has 6 nitrogen and oxygen atoms in total. The van der Waals surface area contributed by atoms with Gasteiger partial charge in [0.2, 0.25) is 0 Å². The number of aryl methyl sites for hydroxylation is 1. The van der Waals surface area contributed by atoms with Crippen LogP contribution in [0.5, 0.6) is 0 Å². The molecule has 2 N–H and O–H groups in total. The van der Waals surface area contributed by atoms with E-state index in [0.717, 1.165) is 36.3 Å². The Morgan fingerprint density at radius 1 is 1.45 bits per heavy atom. The first-order valence-electron chi connectivity index (χ1n) is 6.55. The number of aromatic amines is 2. The molecule has 7 heteroatoms. The first-order valence-corrected chi connectivity index (χ1v) is 7.43. The quantitative estimate of drug-likeness (QED) is 0.751. The molecule has 0 spiro atoms. The summed E-state index contributed by atoms with van der Waals surface area (Å²) in [6, 6.07) is 1.89. The van der Waals surface area contributed by atoms with Crippen molar-refractivity contribution in [3.8, 4) is 0 Å². The molecule has 20 heavy (non-hydrogen) atoms. The molecule has 0 amide bonds. The molecule has 0 fully saturated rings. The van der Waals surface area contributed by atoms with Crippen LogP contribution in [-0.2, 0) is 13.0 Å². The zero-order valence-electron chi connectivity index (χ0n) is 10.7. The molecule has 0 unspecified atom stereocenters. The van der Waals surface area contributed by atoms with Gasteiger partial charge in [-0.2, -0.15) is 5.10 Å². The fourth-order valence-electron chi connectivity index (χ4n) is 2.67. The normalized spacial score (nSPS) is 14.7. The van der Waals surface area contributed by atoms with Gasteiger partial charge in [0.25, 0.3) is 5.56 Å². The van der Waals surface area contributed by atoms with Crippen molar-refractivity contribution in [1.29, 1.82) is 0 Å². The fraction of sp³-hybridized carbons (Fsp3) is 0.308. The molecular formula is C13H13N5OS. The summed E-state index contributed by atoms with van der Waals surface area (Å²) in [6.45, 7) is 1.56. The lowest BCUT2D eigenvalue weighted by Gasteiger charge is -2.27. The van der Waals surface area contributed by atoms with Gasteiger partial charge in [-0.1, -0.05) is 0 Å². The maximum atomic E-state index is 12.0. The van der Waals surface area contributed by atoms with Gasteiger partial charge in [0.15, 0.2) is 0 Å². The number of anilines is 1. The van der Waals surface area contributed by atoms with Crippen LogP contribution in [0.2, 0.25) is 0 Å². The highest BCUT2D eigenvalue weighted by molar-refractivity contribution is 7.17. The maximum absolute atomic E-state index is 12.0. The highest BCUT2D eigenvalue weighted by Gasteiger charge is 2.19. The standard InChI is InChI=1S/C13H13N5OS/c19-13-12-9(3-5-20-12)15-11(16-13)7-18-4-1-2-8-10(18)6-14-17-8/h3,5-6H,1-2,4,7H2,(H,14,17)(H,15,16,19). The maximum Gasteiger partial charge on any atom is 0.268 e. The van der Waals surface area contributed by atoms with E-state index < -0.39 is 0 Å². The molecule has 0 atom stereocenters. The lowest BCUT2D eigenvalue weighted by molar-refractivity contribution is 0.667. The molecule has 0 saturated heterocycles. The van der Waals surface area contributed by atoms with E-state index in [2.05, 4.69) is 25.1 Å². The third-order valence-corrected chi connectivity index (χ3v) is 4.50. The minimum absolute atomic E-state index is 0.0515. The Kier molecular flexibility index (Phi) is 2.59. The van der Waals surface area contributed by atoms with Crippen LogP contribution in [0.15, 0.2) is 22.4 Å². The smallest absolute Gasteiger partial charge is 0.268 e. The van der Waals surface area contributed by atoms with E-state index in [0.29, 0.717) is 17.1 Å². The Labute approximate surface area is 118 Å². The van der Waals surface area contributed by atoms with Gasteiger partial charge in [0.05, 0.1) is 29.6 Å². The molecule has 3 aromatic rings. The number of hydrogen-bond donors (Lipinski definition) is 2. The summed E-state index contributed by atoms with van der Waals surface area (Å²) in [5.74, 6) is 0.704. The summed E-state index contributed by atoms with van der Waals surface area (Å²) in [4.78, 5) is 21.6. The number of fused-ring (bicyclic) bond motifs is 2. The minimum atomic E-state index is -0.0515. The second-order valence-electron chi connectivity index (χ2n) is 4.91. The van der Waals surface area contributed by atoms with Crippen molar-refractivity contribution in [2.24, 2.45) is 0 Å². The SMILES string of the molecule is O=c1[nH]c(CN2CCCc3[nH]ncc32)nc2ccsc12. The van der Waals surface area contributed by atoms with E-state index in [1.165, 1.54) is 11.3 Å². The van der Waals surface area contributed by atoms with E-state index >= 15 is 0 Å². The summed E-state index contributed by atoms with van der Waals surface area (Å²) >= 11 is 1.42. The lowest BCUT2D eigenvalue weighted by atomic mass is 10.1. The van der Waals surface area contributed by atoms with Gasteiger partial charge in [-0.05, 0) is 24.3 Å². The first kappa shape index (κ1) is 11.7. The van der Waals surface area contributed by atoms with E-state index in [1.54, 1.807) is 0 Å². The molecule has 0 aromatic carbocycles. The number of H-pyrrole nitrogens is 2. The van der Waals surface area contributed by atoms with Crippen LogP contribution in [0.1, 0.15) is 17.9 Å². The van der Waals surface area contributed by atoms with Crippen molar-refractivity contribution in [1.82, 2.24) is 20.2 Å². The Hall–Kier alpha value is -2.15. The Morgan fingerprint density at radius 3 is 3.35 bits per heavy atom. The van der Waals surface area contributed by atoms with Crippen molar-refractivity contribution in [3.63, 3.8) is 0 Å². The number of thiophene rings is 1. The number of nitrogens with one attached hydrogen (secondary N) is 2. The number of rotatable bonds is 2. The molecule has 4 rings (SSSR count). The average Bonchev–Trinajstić information content (AvgIpc) is 3.06. The predicted molar refractivity (Wildman–Crippen MR) is 78.2 cm³/mol. The van der Waals surface area contributed by atoms with Gasteiger partial charge in [0.1, 0.15) is 10.5 Å². The Morgan fingerprint density at radius 2 is 2.40 bits per heavy atom. The number of hydrogen-bond acceptors (Lipinski definition) is 5. The summed E-state index contributed by atoms with van der Waals surface area (Å²) < 4.78 is 0.691. The van der Waals surface area contributed by atoms with Gasteiger partial charge in [-0.3, -0.25) is 9.89 Å². The van der Waals surface area contributed by atoms with Crippen molar-refractivity contribution < 1.29 is 0 Å². The average molecular weight is 287 g/mol. The van der Waals surface area contributed by atoms with Crippen molar-refractivity contribution >= 4 is 27.2 Å². The van der Waals surface area contributed by atoms with Crippen LogP contribution in [0, 0.1) is 0 Å². The van der Waals surface area contributed by atoms with E-state index in [4.69, 9.17) is 0 Å². The lowest BCUT2D eigenvalue weighted by Crippen LogP contribution is -2.30. The molecule has 0 saturated carbocycles. The predicted octanol–water partition coefficient (Wildman–Crippen LogP) is 1.66. The third kappa shape index (κ3) is 1.82. The van der Waals surface area contributed by atoms with Gasteiger partial charge in [-0.15, -0.1) is 11.3 Å². The molecular weight excluding hydrogens is 274 g/mol. The summed E-state index contributed by atoms with van der Waals surface area (Å²) in [5, 5.41) is 9.02.